The third kappa shape index (κ3) is 5.22. The number of carbonyl (C=O) groups is 3. The van der Waals surface area contributed by atoms with Crippen molar-refractivity contribution in [2.45, 2.75) is 37.4 Å². The summed E-state index contributed by atoms with van der Waals surface area (Å²) in [5.41, 5.74) is 4.41. The molecule has 8 rings (SSSR count). The van der Waals surface area contributed by atoms with Gasteiger partial charge in [0, 0.05) is 11.3 Å². The molecule has 3 amide bonds. The third-order valence-electron chi connectivity index (χ3n) is 9.83. The maximum atomic E-state index is 14.3. The number of methoxy groups -OCH3 is 2. The van der Waals surface area contributed by atoms with Crippen molar-refractivity contribution in [1.29, 1.82) is 0 Å². The summed E-state index contributed by atoms with van der Waals surface area (Å²) in [6.07, 6.45) is 4.78. The van der Waals surface area contributed by atoms with Gasteiger partial charge < -0.3 is 9.47 Å². The quantitative estimate of drug-likeness (QED) is 0.227. The zero-order valence-corrected chi connectivity index (χ0v) is 27.1. The monoisotopic (exact) mass is 654 g/mol. The van der Waals surface area contributed by atoms with Gasteiger partial charge in [-0.15, -0.1) is 0 Å². The molecule has 0 bridgehead atoms. The highest BCUT2D eigenvalue weighted by Crippen LogP contribution is 2.45. The fourth-order valence-corrected chi connectivity index (χ4v) is 7.45. The lowest BCUT2D eigenvalue weighted by atomic mass is 9.77. The summed E-state index contributed by atoms with van der Waals surface area (Å²) in [6.45, 7) is -0.263. The number of amides is 3. The minimum Gasteiger partial charge on any atom is -0.497 e. The van der Waals surface area contributed by atoms with Gasteiger partial charge in [0.2, 0.25) is 0 Å². The normalized spacial score (nSPS) is 23.7. The number of anilines is 1. The van der Waals surface area contributed by atoms with Crippen LogP contribution in [0.25, 0.3) is 16.8 Å². The Kier molecular flexibility index (Phi) is 7.66. The Balaban J connectivity index is 1.10. The van der Waals surface area contributed by atoms with Crippen molar-refractivity contribution >= 4 is 46.0 Å². The molecule has 3 aliphatic heterocycles. The molecule has 11 nitrogen and oxygen atoms in total. The van der Waals surface area contributed by atoms with Gasteiger partial charge in [0.1, 0.15) is 18.0 Å². The van der Waals surface area contributed by atoms with E-state index in [4.69, 9.17) is 14.6 Å². The number of hydrogen-bond donors (Lipinski definition) is 0. The Morgan fingerprint density at radius 3 is 2.33 bits per heavy atom. The lowest BCUT2D eigenvalue weighted by Gasteiger charge is -2.30. The van der Waals surface area contributed by atoms with E-state index < -0.39 is 23.9 Å². The van der Waals surface area contributed by atoms with E-state index in [-0.39, 0.29) is 24.4 Å². The molecule has 4 atom stereocenters. The highest BCUT2D eigenvalue weighted by Gasteiger charge is 2.56. The van der Waals surface area contributed by atoms with Crippen molar-refractivity contribution in [3.05, 3.63) is 108 Å². The molecule has 11 heteroatoms. The summed E-state index contributed by atoms with van der Waals surface area (Å²) < 4.78 is 10.7. The fourth-order valence-electron chi connectivity index (χ4n) is 7.45. The van der Waals surface area contributed by atoms with Gasteiger partial charge in [-0.25, -0.2) is 9.91 Å². The molecule has 4 aliphatic rings. The molecule has 49 heavy (non-hydrogen) atoms. The van der Waals surface area contributed by atoms with Crippen LogP contribution in [0.3, 0.4) is 0 Å². The van der Waals surface area contributed by atoms with E-state index in [0.717, 1.165) is 58.2 Å². The van der Waals surface area contributed by atoms with Crippen LogP contribution in [0.15, 0.2) is 112 Å². The number of nitrogens with zero attached hydrogens (tertiary/aromatic N) is 6. The molecule has 0 N–H and O–H groups in total. The second-order valence-electron chi connectivity index (χ2n) is 12.6. The van der Waals surface area contributed by atoms with Gasteiger partial charge in [0.05, 0.1) is 31.7 Å². The van der Waals surface area contributed by atoms with E-state index in [2.05, 4.69) is 16.4 Å². The molecule has 0 aromatic heterocycles. The Bertz CT molecular complexity index is 2050. The van der Waals surface area contributed by atoms with Crippen LogP contribution in [0.4, 0.5) is 5.69 Å². The number of rotatable bonds is 7. The summed E-state index contributed by atoms with van der Waals surface area (Å²) in [7, 11) is 3.26. The van der Waals surface area contributed by atoms with Gasteiger partial charge in [0.15, 0.2) is 12.1 Å². The summed E-state index contributed by atoms with van der Waals surface area (Å²) in [5, 5.41) is 17.9. The van der Waals surface area contributed by atoms with Gasteiger partial charge in [-0.2, -0.15) is 10.2 Å². The van der Waals surface area contributed by atoms with Crippen molar-refractivity contribution in [2.24, 2.45) is 21.4 Å². The number of benzene rings is 4. The van der Waals surface area contributed by atoms with Crippen LogP contribution in [0, 0.1) is 5.92 Å². The van der Waals surface area contributed by atoms with E-state index >= 15 is 0 Å². The number of fused-ring (bicyclic) bond motifs is 3. The van der Waals surface area contributed by atoms with Crippen LogP contribution < -0.4 is 14.4 Å². The lowest BCUT2D eigenvalue weighted by molar-refractivity contribution is -0.136. The zero-order chi connectivity index (χ0) is 33.6. The maximum Gasteiger partial charge on any atom is 0.264 e. The van der Waals surface area contributed by atoms with Gasteiger partial charge in [-0.05, 0) is 77.8 Å². The predicted octanol–water partition coefficient (Wildman–Crippen LogP) is 5.97. The molecule has 0 spiro atoms. The van der Waals surface area contributed by atoms with Crippen LogP contribution in [-0.4, -0.2) is 66.3 Å². The fraction of sp³-hybridized carbons (Fsp3) is 0.263. The second kappa shape index (κ2) is 12.3. The Morgan fingerprint density at radius 1 is 0.857 bits per heavy atom. The molecule has 1 saturated heterocycles. The Morgan fingerprint density at radius 2 is 1.57 bits per heavy atom. The van der Waals surface area contributed by atoms with Crippen LogP contribution >= 0.6 is 0 Å². The molecule has 246 valence electrons. The van der Waals surface area contributed by atoms with Crippen LogP contribution in [0.5, 0.6) is 11.5 Å². The van der Waals surface area contributed by atoms with Crippen molar-refractivity contribution in [2.75, 3.05) is 25.7 Å². The van der Waals surface area contributed by atoms with Crippen molar-refractivity contribution < 1.29 is 23.9 Å². The molecule has 2 fully saturated rings. The molecule has 4 aromatic rings. The predicted molar refractivity (Wildman–Crippen MR) is 184 cm³/mol. The second-order valence-corrected chi connectivity index (χ2v) is 12.6. The Hall–Kier alpha value is -5.84. The van der Waals surface area contributed by atoms with E-state index in [1.54, 1.807) is 25.3 Å². The van der Waals surface area contributed by atoms with Crippen molar-refractivity contribution in [1.82, 2.24) is 10.0 Å². The number of hydrogen-bond acceptors (Lipinski definition) is 9. The van der Waals surface area contributed by atoms with Gasteiger partial charge >= 0.3 is 0 Å². The average Bonchev–Trinajstić information content (AvgIpc) is 3.81. The van der Waals surface area contributed by atoms with E-state index in [0.29, 0.717) is 11.4 Å². The minimum atomic E-state index is -1.02. The first-order valence-corrected chi connectivity index (χ1v) is 16.4. The van der Waals surface area contributed by atoms with E-state index in [1.807, 2.05) is 84.9 Å². The first kappa shape index (κ1) is 30.5. The molecule has 1 saturated carbocycles. The summed E-state index contributed by atoms with van der Waals surface area (Å²) in [5.74, 6) is 0.217. The van der Waals surface area contributed by atoms with Crippen LogP contribution in [0.2, 0.25) is 0 Å². The number of carbonyl (C=O) groups excluding carboxylic acids is 3. The first-order chi connectivity index (χ1) is 23.9. The summed E-state index contributed by atoms with van der Waals surface area (Å²) in [6, 6.07) is 26.3. The number of imide groups is 1. The SMILES string of the molecule is COc1ccc(/C=C2\CCCC3C2=NN(C(=O)CN2N=NC4C(=O)N(c5cccc6ccccc56)C(=O)C42)C3c2ccc(OC)cc2)cc1. The third-order valence-corrected chi connectivity index (χ3v) is 9.83. The number of ether oxygens (including phenoxy) is 2. The number of allylic oxidation sites excluding steroid dienone is 1. The average molecular weight is 655 g/mol. The molecular formula is C38H34N6O5. The van der Waals surface area contributed by atoms with Crippen LogP contribution in [0.1, 0.15) is 36.4 Å². The molecule has 0 radical (unpaired) electrons. The maximum absolute atomic E-state index is 14.3. The van der Waals surface area contributed by atoms with Gasteiger partial charge in [0.25, 0.3) is 17.7 Å². The smallest absolute Gasteiger partial charge is 0.264 e. The molecule has 1 aliphatic carbocycles. The largest absolute Gasteiger partial charge is 0.497 e. The van der Waals surface area contributed by atoms with E-state index in [1.165, 1.54) is 9.91 Å². The summed E-state index contributed by atoms with van der Waals surface area (Å²) in [4.78, 5) is 43.0. The summed E-state index contributed by atoms with van der Waals surface area (Å²) >= 11 is 0. The molecular weight excluding hydrogens is 620 g/mol. The van der Waals surface area contributed by atoms with Crippen LogP contribution in [-0.2, 0) is 14.4 Å². The minimum absolute atomic E-state index is 0.0277. The van der Waals surface area contributed by atoms with Gasteiger partial charge in [-0.1, -0.05) is 65.9 Å². The van der Waals surface area contributed by atoms with E-state index in [9.17, 15) is 14.4 Å². The standard InChI is InChI=1S/C38H34N6O5/c1-48-27-17-13-23(14-18-27)21-26-9-5-11-30-33(26)40-44(35(30)25-15-19-28(49-2)20-16-25)32(45)22-42-36-34(39-41-42)37(46)43(38(36)47)31-12-6-8-24-7-3-4-10-29(24)31/h3-4,6-8,10,12-21,30,34-36H,5,9,11,22H2,1-2H3/b26-21+. The number of hydrazone groups is 1. The molecule has 3 heterocycles. The molecule has 4 aromatic carbocycles. The zero-order valence-electron chi connectivity index (χ0n) is 27.1. The molecule has 4 unspecified atom stereocenters. The Labute approximate surface area is 283 Å². The van der Waals surface area contributed by atoms with Gasteiger partial charge in [-0.3, -0.25) is 19.4 Å². The highest BCUT2D eigenvalue weighted by atomic mass is 16.5. The topological polar surface area (TPSA) is 116 Å². The lowest BCUT2D eigenvalue weighted by Crippen LogP contribution is -2.45. The van der Waals surface area contributed by atoms with Crippen molar-refractivity contribution in [3.8, 4) is 11.5 Å². The highest BCUT2D eigenvalue weighted by molar-refractivity contribution is 6.27. The van der Waals surface area contributed by atoms with Crippen molar-refractivity contribution in [3.63, 3.8) is 0 Å². The first-order valence-electron chi connectivity index (χ1n) is 16.4.